The number of carbonyl (C=O) groups is 1. The molecule has 2 atom stereocenters. The van der Waals surface area contributed by atoms with E-state index in [-0.39, 0.29) is 12.0 Å². The van der Waals surface area contributed by atoms with Gasteiger partial charge in [0.1, 0.15) is 0 Å². The summed E-state index contributed by atoms with van der Waals surface area (Å²) < 4.78 is 6.85. The van der Waals surface area contributed by atoms with Crippen LogP contribution < -0.4 is 0 Å². The zero-order valence-corrected chi connectivity index (χ0v) is 22.2. The van der Waals surface area contributed by atoms with Crippen molar-refractivity contribution in [2.75, 3.05) is 39.8 Å². The highest BCUT2D eigenvalue weighted by atomic mass is 16.5. The Bertz CT molecular complexity index is 1340. The Labute approximate surface area is 229 Å². The number of tetrazole rings is 1. The molecule has 1 unspecified atom stereocenters. The number of aromatic nitrogens is 4. The largest absolute Gasteiger partial charge is 0.467 e. The fourth-order valence-corrected chi connectivity index (χ4v) is 5.11. The van der Waals surface area contributed by atoms with E-state index in [9.17, 15) is 4.79 Å². The number of methoxy groups -OCH3 is 1. The number of esters is 1. The van der Waals surface area contributed by atoms with Gasteiger partial charge in [-0.1, -0.05) is 103 Å². The average Bonchev–Trinajstić information content (AvgIpc) is 3.47. The van der Waals surface area contributed by atoms with Crippen LogP contribution in [-0.4, -0.2) is 75.8 Å². The molecule has 8 heteroatoms. The van der Waals surface area contributed by atoms with Gasteiger partial charge in [-0.05, 0) is 27.1 Å². The quantitative estimate of drug-likeness (QED) is 0.291. The van der Waals surface area contributed by atoms with Gasteiger partial charge in [0.15, 0.2) is 11.9 Å². The molecule has 0 amide bonds. The number of rotatable bonds is 10. The maximum Gasteiger partial charge on any atom is 0.331 e. The molecule has 0 N–H and O–H groups in total. The van der Waals surface area contributed by atoms with Crippen molar-refractivity contribution in [1.29, 1.82) is 0 Å². The van der Waals surface area contributed by atoms with E-state index in [1.54, 1.807) is 4.68 Å². The Morgan fingerprint density at radius 1 is 0.897 bits per heavy atom. The zero-order chi connectivity index (χ0) is 26.9. The topological polar surface area (TPSA) is 76.4 Å². The van der Waals surface area contributed by atoms with Gasteiger partial charge in [-0.15, -0.1) is 5.10 Å². The van der Waals surface area contributed by atoms with E-state index < -0.39 is 6.04 Å². The summed E-state index contributed by atoms with van der Waals surface area (Å²) in [7, 11) is 1.41. The normalized spacial score (nSPS) is 16.2. The lowest BCUT2D eigenvalue weighted by Gasteiger charge is -2.38. The van der Waals surface area contributed by atoms with E-state index in [4.69, 9.17) is 4.74 Å². The molecular formula is C31H34N6O2. The van der Waals surface area contributed by atoms with Crippen molar-refractivity contribution >= 4 is 12.0 Å². The Morgan fingerprint density at radius 3 is 2.21 bits per heavy atom. The number of hydrogen-bond donors (Lipinski definition) is 0. The van der Waals surface area contributed by atoms with Gasteiger partial charge in [-0.2, -0.15) is 0 Å². The standard InChI is InChI=1S/C31H34N6O2/c1-39-31(38)28(24-26-14-7-3-8-15-26)37-30(32-33-34-37)29(27-17-9-4-10-18-27)36-22-20-35(21-23-36)19-11-16-25-12-5-2-6-13-25/h2-18,28-29H,19-24H2,1H3/t28?,29-/m1/s1. The molecule has 1 aromatic heterocycles. The van der Waals surface area contributed by atoms with Crippen LogP contribution in [0.1, 0.15) is 34.6 Å². The summed E-state index contributed by atoms with van der Waals surface area (Å²) in [5, 5.41) is 12.8. The lowest BCUT2D eigenvalue weighted by atomic mass is 10.0. The minimum Gasteiger partial charge on any atom is -0.467 e. The van der Waals surface area contributed by atoms with Crippen LogP contribution in [0.25, 0.3) is 6.08 Å². The van der Waals surface area contributed by atoms with Crippen LogP contribution in [0.4, 0.5) is 0 Å². The number of ether oxygens (including phenoxy) is 1. The van der Waals surface area contributed by atoms with E-state index in [0.29, 0.717) is 12.2 Å². The molecule has 3 aromatic carbocycles. The van der Waals surface area contributed by atoms with Gasteiger partial charge in [0.05, 0.1) is 13.2 Å². The van der Waals surface area contributed by atoms with Gasteiger partial charge in [0.25, 0.3) is 0 Å². The summed E-state index contributed by atoms with van der Waals surface area (Å²) in [6.45, 7) is 4.46. The Kier molecular flexibility index (Phi) is 8.88. The van der Waals surface area contributed by atoms with Crippen molar-refractivity contribution in [3.63, 3.8) is 0 Å². The third-order valence-corrected chi connectivity index (χ3v) is 7.16. The van der Waals surface area contributed by atoms with Crippen molar-refractivity contribution < 1.29 is 9.53 Å². The maximum atomic E-state index is 13.0. The molecule has 2 heterocycles. The third-order valence-electron chi connectivity index (χ3n) is 7.16. The first kappa shape index (κ1) is 26.5. The molecular weight excluding hydrogens is 488 g/mol. The highest BCUT2D eigenvalue weighted by Crippen LogP contribution is 2.30. The van der Waals surface area contributed by atoms with Crippen molar-refractivity contribution in [3.05, 3.63) is 120 Å². The van der Waals surface area contributed by atoms with Crippen LogP contribution in [0.15, 0.2) is 97.1 Å². The summed E-state index contributed by atoms with van der Waals surface area (Å²) in [5.74, 6) is 0.277. The minimum absolute atomic E-state index is 0.189. The Morgan fingerprint density at radius 2 is 1.54 bits per heavy atom. The summed E-state index contributed by atoms with van der Waals surface area (Å²) in [4.78, 5) is 17.8. The first-order valence-corrected chi connectivity index (χ1v) is 13.4. The predicted octanol–water partition coefficient (Wildman–Crippen LogP) is 4.05. The zero-order valence-electron chi connectivity index (χ0n) is 22.2. The van der Waals surface area contributed by atoms with E-state index in [1.807, 2.05) is 54.6 Å². The predicted molar refractivity (Wildman–Crippen MR) is 151 cm³/mol. The maximum absolute atomic E-state index is 13.0. The van der Waals surface area contributed by atoms with Crippen LogP contribution in [0.5, 0.6) is 0 Å². The molecule has 0 radical (unpaired) electrons. The molecule has 0 saturated carbocycles. The van der Waals surface area contributed by atoms with E-state index >= 15 is 0 Å². The average molecular weight is 523 g/mol. The van der Waals surface area contributed by atoms with Gasteiger partial charge in [-0.3, -0.25) is 9.80 Å². The van der Waals surface area contributed by atoms with Gasteiger partial charge >= 0.3 is 5.97 Å². The number of benzene rings is 3. The van der Waals surface area contributed by atoms with Crippen LogP contribution >= 0.6 is 0 Å². The third kappa shape index (κ3) is 6.66. The van der Waals surface area contributed by atoms with Crippen LogP contribution in [0.2, 0.25) is 0 Å². The molecule has 0 bridgehead atoms. The van der Waals surface area contributed by atoms with Crippen LogP contribution in [0, 0.1) is 0 Å². The van der Waals surface area contributed by atoms with Gasteiger partial charge in [0.2, 0.25) is 0 Å². The van der Waals surface area contributed by atoms with Gasteiger partial charge in [-0.25, -0.2) is 9.48 Å². The summed E-state index contributed by atoms with van der Waals surface area (Å²) in [6, 6.07) is 29.7. The Balaban J connectivity index is 1.36. The molecule has 4 aromatic rings. The van der Waals surface area contributed by atoms with Gasteiger partial charge < -0.3 is 4.74 Å². The van der Waals surface area contributed by atoms with Gasteiger partial charge in [0, 0.05) is 39.1 Å². The summed E-state index contributed by atoms with van der Waals surface area (Å²) in [6.07, 6.45) is 4.84. The van der Waals surface area contributed by atoms with Crippen LogP contribution in [0.3, 0.4) is 0 Å². The fourth-order valence-electron chi connectivity index (χ4n) is 5.11. The molecule has 5 rings (SSSR count). The summed E-state index contributed by atoms with van der Waals surface area (Å²) >= 11 is 0. The van der Waals surface area contributed by atoms with E-state index in [2.05, 4.69) is 73.9 Å². The van der Waals surface area contributed by atoms with E-state index in [0.717, 1.165) is 43.9 Å². The smallest absolute Gasteiger partial charge is 0.331 e. The molecule has 1 fully saturated rings. The summed E-state index contributed by atoms with van der Waals surface area (Å²) in [5.41, 5.74) is 3.32. The number of piperazine rings is 1. The second kappa shape index (κ2) is 13.1. The molecule has 8 nitrogen and oxygen atoms in total. The number of nitrogens with zero attached hydrogens (tertiary/aromatic N) is 6. The molecule has 200 valence electrons. The fraction of sp³-hybridized carbons (Fsp3) is 0.290. The van der Waals surface area contributed by atoms with Crippen molar-refractivity contribution in [2.24, 2.45) is 0 Å². The Hall–Kier alpha value is -4.14. The van der Waals surface area contributed by atoms with Crippen molar-refractivity contribution in [1.82, 2.24) is 30.0 Å². The van der Waals surface area contributed by atoms with Crippen LogP contribution in [-0.2, 0) is 16.0 Å². The highest BCUT2D eigenvalue weighted by molar-refractivity contribution is 5.74. The SMILES string of the molecule is COC(=O)C(Cc1ccccc1)n1nnnc1[C@@H](c1ccccc1)N1CCN(CC=Cc2ccccc2)CC1. The number of hydrogen-bond acceptors (Lipinski definition) is 7. The molecule has 1 saturated heterocycles. The van der Waals surface area contributed by atoms with Crippen molar-refractivity contribution in [3.8, 4) is 0 Å². The second-order valence-electron chi connectivity index (χ2n) is 9.67. The number of carbonyl (C=O) groups excluding carboxylic acids is 1. The monoisotopic (exact) mass is 522 g/mol. The molecule has 0 spiro atoms. The van der Waals surface area contributed by atoms with Crippen molar-refractivity contribution in [2.45, 2.75) is 18.5 Å². The minimum atomic E-state index is -0.668. The molecule has 1 aliphatic rings. The molecule has 0 aliphatic carbocycles. The second-order valence-corrected chi connectivity index (χ2v) is 9.67. The lowest BCUT2D eigenvalue weighted by molar-refractivity contribution is -0.145. The molecule has 39 heavy (non-hydrogen) atoms. The lowest BCUT2D eigenvalue weighted by Crippen LogP contribution is -2.48. The first-order valence-electron chi connectivity index (χ1n) is 13.4. The van der Waals surface area contributed by atoms with E-state index in [1.165, 1.54) is 12.7 Å². The molecule has 1 aliphatic heterocycles. The highest BCUT2D eigenvalue weighted by Gasteiger charge is 2.34. The first-order chi connectivity index (χ1) is 19.2.